The molecule has 1 aliphatic rings. The van der Waals surface area contributed by atoms with E-state index < -0.39 is 11.3 Å². The summed E-state index contributed by atoms with van der Waals surface area (Å²) in [5, 5.41) is 3.14. The summed E-state index contributed by atoms with van der Waals surface area (Å²) in [6.07, 6.45) is 0. The lowest BCUT2D eigenvalue weighted by atomic mass is 9.89. The van der Waals surface area contributed by atoms with E-state index in [9.17, 15) is 14.4 Å². The van der Waals surface area contributed by atoms with E-state index in [0.29, 0.717) is 36.9 Å². The van der Waals surface area contributed by atoms with Gasteiger partial charge in [-0.05, 0) is 26.0 Å². The van der Waals surface area contributed by atoms with Crippen LogP contribution in [0, 0.1) is 5.41 Å². The van der Waals surface area contributed by atoms with Gasteiger partial charge in [-0.2, -0.15) is 0 Å². The Morgan fingerprint density at radius 1 is 1.04 bits per heavy atom. The molecule has 1 aliphatic heterocycles. The Labute approximate surface area is 146 Å². The molecule has 3 amide bonds. The van der Waals surface area contributed by atoms with Crippen molar-refractivity contribution in [3.8, 4) is 0 Å². The van der Waals surface area contributed by atoms with Crippen LogP contribution < -0.4 is 5.32 Å². The van der Waals surface area contributed by atoms with Crippen LogP contribution in [0.4, 0.5) is 5.69 Å². The van der Waals surface area contributed by atoms with Crippen LogP contribution in [0.1, 0.15) is 20.8 Å². The van der Waals surface area contributed by atoms with Gasteiger partial charge in [-0.3, -0.25) is 14.4 Å². The van der Waals surface area contributed by atoms with E-state index in [4.69, 9.17) is 11.6 Å². The Balaban J connectivity index is 2.03. The van der Waals surface area contributed by atoms with E-state index in [-0.39, 0.29) is 11.8 Å². The van der Waals surface area contributed by atoms with Gasteiger partial charge in [-0.1, -0.05) is 23.7 Å². The molecule has 6 nitrogen and oxygen atoms in total. The van der Waals surface area contributed by atoms with Gasteiger partial charge in [0.1, 0.15) is 5.41 Å². The Bertz CT molecular complexity index is 652. The minimum atomic E-state index is -1.22. The summed E-state index contributed by atoms with van der Waals surface area (Å²) in [6.45, 7) is 6.55. The lowest BCUT2D eigenvalue weighted by Gasteiger charge is -2.37. The summed E-state index contributed by atoms with van der Waals surface area (Å²) in [5.74, 6) is -0.664. The second kappa shape index (κ2) is 7.21. The molecule has 1 saturated heterocycles. The maximum atomic E-state index is 12.7. The molecule has 0 unspecified atom stereocenters. The molecule has 130 valence electrons. The number of halogens is 1. The molecule has 0 aromatic heterocycles. The van der Waals surface area contributed by atoms with Crippen LogP contribution in [0.3, 0.4) is 0 Å². The van der Waals surface area contributed by atoms with Crippen LogP contribution >= 0.6 is 11.6 Å². The van der Waals surface area contributed by atoms with E-state index in [1.807, 2.05) is 0 Å². The summed E-state index contributed by atoms with van der Waals surface area (Å²) in [5.41, 5.74) is -0.746. The largest absolute Gasteiger partial charge is 0.339 e. The number of hydrogen-bond acceptors (Lipinski definition) is 3. The van der Waals surface area contributed by atoms with Crippen LogP contribution in [-0.2, 0) is 14.4 Å². The number of rotatable bonds is 3. The number of nitrogens with zero attached hydrogens (tertiary/aromatic N) is 2. The lowest BCUT2D eigenvalue weighted by Crippen LogP contribution is -2.55. The number of piperazine rings is 1. The zero-order valence-corrected chi connectivity index (χ0v) is 14.9. The fourth-order valence-corrected chi connectivity index (χ4v) is 2.74. The average molecular weight is 352 g/mol. The molecule has 1 heterocycles. The highest BCUT2D eigenvalue weighted by atomic mass is 35.5. The number of hydrogen-bond donors (Lipinski definition) is 1. The van der Waals surface area contributed by atoms with Crippen molar-refractivity contribution in [1.82, 2.24) is 9.80 Å². The number of carbonyl (C=O) groups excluding carboxylic acids is 3. The molecule has 24 heavy (non-hydrogen) atoms. The minimum absolute atomic E-state index is 0.00202. The molecule has 0 bridgehead atoms. The Morgan fingerprint density at radius 2 is 1.58 bits per heavy atom. The standard InChI is InChI=1S/C17H22ClN3O3/c1-12(22)20-8-10-21(11-9-20)16(24)17(2,3)15(23)19-14-7-5-4-6-13(14)18/h4-7H,8-11H2,1-3H3,(H,19,23). The number of benzene rings is 1. The summed E-state index contributed by atoms with van der Waals surface area (Å²) < 4.78 is 0. The minimum Gasteiger partial charge on any atom is -0.339 e. The quantitative estimate of drug-likeness (QED) is 0.847. The molecular weight excluding hydrogens is 330 g/mol. The molecule has 7 heteroatoms. The molecule has 0 spiro atoms. The van der Waals surface area contributed by atoms with Gasteiger partial charge in [0.25, 0.3) is 0 Å². The monoisotopic (exact) mass is 351 g/mol. The van der Waals surface area contributed by atoms with Crippen LogP contribution in [0.15, 0.2) is 24.3 Å². The summed E-state index contributed by atoms with van der Waals surface area (Å²) in [6, 6.07) is 6.89. The topological polar surface area (TPSA) is 69.7 Å². The lowest BCUT2D eigenvalue weighted by molar-refractivity contribution is -0.149. The van der Waals surface area contributed by atoms with E-state index in [1.54, 1.807) is 47.9 Å². The highest BCUT2D eigenvalue weighted by Crippen LogP contribution is 2.26. The number of carbonyl (C=O) groups is 3. The third-order valence-corrected chi connectivity index (χ3v) is 4.57. The molecule has 1 aromatic rings. The first kappa shape index (κ1) is 18.3. The predicted octanol–water partition coefficient (Wildman–Crippen LogP) is 2.00. The number of para-hydroxylation sites is 1. The summed E-state index contributed by atoms with van der Waals surface area (Å²) in [4.78, 5) is 40.0. The Morgan fingerprint density at radius 3 is 2.12 bits per heavy atom. The van der Waals surface area contributed by atoms with E-state index in [2.05, 4.69) is 5.32 Å². The zero-order chi connectivity index (χ0) is 17.9. The molecule has 2 rings (SSSR count). The van der Waals surface area contributed by atoms with Crippen molar-refractivity contribution >= 4 is 35.0 Å². The van der Waals surface area contributed by atoms with Gasteiger partial charge in [-0.25, -0.2) is 0 Å². The predicted molar refractivity (Wildman–Crippen MR) is 92.7 cm³/mol. The normalized spacial score (nSPS) is 15.2. The SMILES string of the molecule is CC(=O)N1CCN(C(=O)C(C)(C)C(=O)Nc2ccccc2Cl)CC1. The summed E-state index contributed by atoms with van der Waals surface area (Å²) in [7, 11) is 0. The van der Waals surface area contributed by atoms with Crippen molar-refractivity contribution in [2.24, 2.45) is 5.41 Å². The van der Waals surface area contributed by atoms with E-state index in [0.717, 1.165) is 0 Å². The molecule has 0 aliphatic carbocycles. The average Bonchev–Trinajstić information content (AvgIpc) is 2.56. The van der Waals surface area contributed by atoms with Gasteiger partial charge in [-0.15, -0.1) is 0 Å². The van der Waals surface area contributed by atoms with Crippen LogP contribution in [0.2, 0.25) is 5.02 Å². The molecule has 0 atom stereocenters. The van der Waals surface area contributed by atoms with Crippen molar-refractivity contribution < 1.29 is 14.4 Å². The first-order valence-corrected chi connectivity index (χ1v) is 8.22. The van der Waals surface area contributed by atoms with Crippen LogP contribution in [-0.4, -0.2) is 53.7 Å². The van der Waals surface area contributed by atoms with Crippen LogP contribution in [0.5, 0.6) is 0 Å². The van der Waals surface area contributed by atoms with Crippen molar-refractivity contribution in [3.05, 3.63) is 29.3 Å². The maximum absolute atomic E-state index is 12.7. The van der Waals surface area contributed by atoms with Gasteiger partial charge < -0.3 is 15.1 Å². The Hall–Kier alpha value is -2.08. The highest BCUT2D eigenvalue weighted by molar-refractivity contribution is 6.33. The van der Waals surface area contributed by atoms with Crippen molar-refractivity contribution in [3.63, 3.8) is 0 Å². The van der Waals surface area contributed by atoms with Gasteiger partial charge in [0.15, 0.2) is 0 Å². The van der Waals surface area contributed by atoms with Gasteiger partial charge in [0, 0.05) is 33.1 Å². The third kappa shape index (κ3) is 3.87. The van der Waals surface area contributed by atoms with Gasteiger partial charge in [0.05, 0.1) is 10.7 Å². The van der Waals surface area contributed by atoms with E-state index in [1.165, 1.54) is 6.92 Å². The smallest absolute Gasteiger partial charge is 0.239 e. The first-order chi connectivity index (χ1) is 11.2. The highest BCUT2D eigenvalue weighted by Gasteiger charge is 2.40. The fraction of sp³-hybridized carbons (Fsp3) is 0.471. The first-order valence-electron chi connectivity index (χ1n) is 7.84. The second-order valence-electron chi connectivity index (χ2n) is 6.36. The number of anilines is 1. The van der Waals surface area contributed by atoms with Crippen LogP contribution in [0.25, 0.3) is 0 Å². The molecular formula is C17H22ClN3O3. The van der Waals surface area contributed by atoms with Crippen molar-refractivity contribution in [2.45, 2.75) is 20.8 Å². The maximum Gasteiger partial charge on any atom is 0.239 e. The zero-order valence-electron chi connectivity index (χ0n) is 14.1. The third-order valence-electron chi connectivity index (χ3n) is 4.24. The molecule has 1 fully saturated rings. The second-order valence-corrected chi connectivity index (χ2v) is 6.76. The van der Waals surface area contributed by atoms with Gasteiger partial charge >= 0.3 is 0 Å². The van der Waals surface area contributed by atoms with Crippen molar-refractivity contribution in [2.75, 3.05) is 31.5 Å². The molecule has 1 aromatic carbocycles. The Kier molecular flexibility index (Phi) is 5.49. The molecule has 1 N–H and O–H groups in total. The van der Waals surface area contributed by atoms with Gasteiger partial charge in [0.2, 0.25) is 17.7 Å². The van der Waals surface area contributed by atoms with Crippen molar-refractivity contribution in [1.29, 1.82) is 0 Å². The van der Waals surface area contributed by atoms with E-state index >= 15 is 0 Å². The molecule has 0 radical (unpaired) electrons. The fourth-order valence-electron chi connectivity index (χ4n) is 2.56. The molecule has 0 saturated carbocycles. The number of amides is 3. The number of nitrogens with one attached hydrogen (secondary N) is 1. The summed E-state index contributed by atoms with van der Waals surface area (Å²) >= 11 is 6.04.